The van der Waals surface area contributed by atoms with Crippen molar-refractivity contribution in [3.8, 4) is 0 Å². The van der Waals surface area contributed by atoms with Crippen molar-refractivity contribution in [2.24, 2.45) is 40.4 Å². The lowest BCUT2D eigenvalue weighted by Crippen LogP contribution is -2.46. The van der Waals surface area contributed by atoms with E-state index in [1.165, 1.54) is 51.4 Å². The molecule has 0 aromatic heterocycles. The molecule has 0 amide bonds. The quantitative estimate of drug-likeness (QED) is 0.570. The number of hydrogen-bond acceptors (Lipinski definition) is 2. The van der Waals surface area contributed by atoms with E-state index in [1.807, 2.05) is 0 Å². The summed E-state index contributed by atoms with van der Waals surface area (Å²) < 4.78 is 0. The Kier molecular flexibility index (Phi) is 5.77. The molecule has 28 heavy (non-hydrogen) atoms. The topological polar surface area (TPSA) is 40.5 Å². The van der Waals surface area contributed by atoms with Crippen molar-refractivity contribution in [2.45, 2.75) is 111 Å². The van der Waals surface area contributed by atoms with Crippen molar-refractivity contribution in [3.05, 3.63) is 11.6 Å². The molecule has 4 rings (SSSR count). The van der Waals surface area contributed by atoms with Crippen LogP contribution in [0.3, 0.4) is 0 Å². The van der Waals surface area contributed by atoms with Crippen molar-refractivity contribution in [1.82, 2.24) is 0 Å². The third kappa shape index (κ3) is 3.73. The molecule has 2 heteroatoms. The van der Waals surface area contributed by atoms with Gasteiger partial charge in [-0.05, 0) is 105 Å². The van der Waals surface area contributed by atoms with Gasteiger partial charge in [0, 0.05) is 0 Å². The second-order valence-corrected chi connectivity index (χ2v) is 12.1. The van der Waals surface area contributed by atoms with Gasteiger partial charge < -0.3 is 10.2 Å². The minimum Gasteiger partial charge on any atom is -0.393 e. The first-order chi connectivity index (χ1) is 13.2. The molecule has 0 heterocycles. The summed E-state index contributed by atoms with van der Waals surface area (Å²) in [7, 11) is 0. The van der Waals surface area contributed by atoms with Gasteiger partial charge in [-0.15, -0.1) is 0 Å². The molecular formula is C26H44O2. The molecule has 8 unspecified atom stereocenters. The summed E-state index contributed by atoms with van der Waals surface area (Å²) in [6, 6.07) is 0. The maximum atomic E-state index is 10.4. The minimum absolute atomic E-state index is 0.0138. The maximum Gasteiger partial charge on any atom is 0.0588 e. The Morgan fingerprint density at radius 2 is 1.89 bits per heavy atom. The number of rotatable bonds is 4. The van der Waals surface area contributed by atoms with Crippen LogP contribution in [0.15, 0.2) is 11.6 Å². The van der Waals surface area contributed by atoms with Crippen LogP contribution in [0.25, 0.3) is 0 Å². The third-order valence-electron chi connectivity index (χ3n) is 9.65. The lowest BCUT2D eigenvalue weighted by atomic mass is 9.51. The van der Waals surface area contributed by atoms with Gasteiger partial charge in [0.2, 0.25) is 0 Å². The summed E-state index contributed by atoms with van der Waals surface area (Å²) in [5.74, 6) is 4.35. The fourth-order valence-corrected chi connectivity index (χ4v) is 7.82. The van der Waals surface area contributed by atoms with Crippen molar-refractivity contribution in [1.29, 1.82) is 0 Å². The van der Waals surface area contributed by atoms with Crippen molar-refractivity contribution in [3.63, 3.8) is 0 Å². The summed E-state index contributed by atoms with van der Waals surface area (Å²) >= 11 is 0. The van der Waals surface area contributed by atoms with E-state index in [4.69, 9.17) is 0 Å². The normalized spacial score (nSPS) is 44.3. The van der Waals surface area contributed by atoms with Crippen LogP contribution >= 0.6 is 0 Å². The standard InChI is InChI=1S/C26H44O2/c1-25(2,3)24(28)7-5-6-18-9-13-23-22-11-8-17-16-19(27)10-12-20(17)21(22)14-15-26(18,23)4/h8,18-24,27-28H,5-7,9-16H2,1-4H3. The van der Waals surface area contributed by atoms with Crippen LogP contribution in [0.1, 0.15) is 98.3 Å². The highest BCUT2D eigenvalue weighted by atomic mass is 16.3. The van der Waals surface area contributed by atoms with Gasteiger partial charge in [-0.2, -0.15) is 0 Å². The highest BCUT2D eigenvalue weighted by molar-refractivity contribution is 5.20. The van der Waals surface area contributed by atoms with E-state index in [0.29, 0.717) is 5.41 Å². The summed E-state index contributed by atoms with van der Waals surface area (Å²) in [5.41, 5.74) is 2.15. The molecule has 0 radical (unpaired) electrons. The Morgan fingerprint density at radius 3 is 2.64 bits per heavy atom. The summed E-state index contributed by atoms with van der Waals surface area (Å²) in [6.45, 7) is 9.08. The van der Waals surface area contributed by atoms with Crippen LogP contribution < -0.4 is 0 Å². The zero-order chi connectivity index (χ0) is 20.1. The number of aliphatic hydroxyl groups excluding tert-OH is 2. The molecule has 2 nitrogen and oxygen atoms in total. The number of aliphatic hydroxyl groups is 2. The molecule has 0 aromatic rings. The SMILES string of the molecule is CC(C)(C)C(O)CCCC1CCC2C3CC=C4CC(O)CCC4C3CCC12C. The van der Waals surface area contributed by atoms with E-state index in [0.717, 1.165) is 48.9 Å². The van der Waals surface area contributed by atoms with E-state index in [2.05, 4.69) is 33.8 Å². The van der Waals surface area contributed by atoms with Crippen molar-refractivity contribution >= 4 is 0 Å². The van der Waals surface area contributed by atoms with Crippen LogP contribution in [0.4, 0.5) is 0 Å². The van der Waals surface area contributed by atoms with E-state index < -0.39 is 0 Å². The van der Waals surface area contributed by atoms with Gasteiger partial charge in [0.25, 0.3) is 0 Å². The Balaban J connectivity index is 1.40. The van der Waals surface area contributed by atoms with Gasteiger partial charge in [0.1, 0.15) is 0 Å². The lowest BCUT2D eigenvalue weighted by molar-refractivity contribution is -0.0213. The number of allylic oxidation sites excluding steroid dienone is 1. The van der Waals surface area contributed by atoms with Gasteiger partial charge in [-0.3, -0.25) is 0 Å². The molecule has 0 spiro atoms. The van der Waals surface area contributed by atoms with E-state index >= 15 is 0 Å². The zero-order valence-electron chi connectivity index (χ0n) is 18.8. The summed E-state index contributed by atoms with van der Waals surface area (Å²) in [5, 5.41) is 20.5. The fourth-order valence-electron chi connectivity index (χ4n) is 7.82. The molecule has 4 aliphatic carbocycles. The first kappa shape index (κ1) is 20.9. The molecule has 0 aromatic carbocycles. The average molecular weight is 389 g/mol. The molecule has 2 N–H and O–H groups in total. The molecule has 0 bridgehead atoms. The van der Waals surface area contributed by atoms with Crippen LogP contribution in [-0.4, -0.2) is 22.4 Å². The van der Waals surface area contributed by atoms with E-state index in [-0.39, 0.29) is 17.6 Å². The average Bonchev–Trinajstić information content (AvgIpc) is 2.97. The maximum absolute atomic E-state index is 10.4. The van der Waals surface area contributed by atoms with Crippen LogP contribution in [-0.2, 0) is 0 Å². The zero-order valence-corrected chi connectivity index (χ0v) is 18.8. The second kappa shape index (κ2) is 7.73. The van der Waals surface area contributed by atoms with E-state index in [9.17, 15) is 10.2 Å². The fraction of sp³-hybridized carbons (Fsp3) is 0.923. The molecule has 0 saturated heterocycles. The van der Waals surface area contributed by atoms with Gasteiger partial charge in [0.05, 0.1) is 12.2 Å². The smallest absolute Gasteiger partial charge is 0.0588 e. The second-order valence-electron chi connectivity index (χ2n) is 12.1. The molecule has 3 saturated carbocycles. The monoisotopic (exact) mass is 388 g/mol. The van der Waals surface area contributed by atoms with Gasteiger partial charge in [-0.1, -0.05) is 45.8 Å². The van der Waals surface area contributed by atoms with Crippen LogP contribution in [0.2, 0.25) is 0 Å². The van der Waals surface area contributed by atoms with Gasteiger partial charge in [0.15, 0.2) is 0 Å². The Labute approximate surface area is 173 Å². The highest BCUT2D eigenvalue weighted by Gasteiger charge is 2.55. The number of hydrogen-bond donors (Lipinski definition) is 2. The summed E-state index contributed by atoms with van der Waals surface area (Å²) in [4.78, 5) is 0. The van der Waals surface area contributed by atoms with Gasteiger partial charge >= 0.3 is 0 Å². The Bertz CT molecular complexity index is 588. The minimum atomic E-state index is -0.170. The number of fused-ring (bicyclic) bond motifs is 5. The molecule has 4 aliphatic rings. The van der Waals surface area contributed by atoms with Crippen LogP contribution in [0, 0.1) is 40.4 Å². The Morgan fingerprint density at radius 1 is 1.11 bits per heavy atom. The van der Waals surface area contributed by atoms with Crippen LogP contribution in [0.5, 0.6) is 0 Å². The Hall–Kier alpha value is -0.340. The molecule has 8 atom stereocenters. The predicted octanol–water partition coefficient (Wildman–Crippen LogP) is 6.11. The first-order valence-corrected chi connectivity index (χ1v) is 12.2. The van der Waals surface area contributed by atoms with Gasteiger partial charge in [-0.25, -0.2) is 0 Å². The molecule has 0 aliphatic heterocycles. The molecular weight excluding hydrogens is 344 g/mol. The van der Waals surface area contributed by atoms with E-state index in [1.54, 1.807) is 5.57 Å². The van der Waals surface area contributed by atoms with Crippen molar-refractivity contribution in [2.75, 3.05) is 0 Å². The molecule has 3 fully saturated rings. The highest BCUT2D eigenvalue weighted by Crippen LogP contribution is 2.64. The van der Waals surface area contributed by atoms with Crippen molar-refractivity contribution < 1.29 is 10.2 Å². The predicted molar refractivity (Wildman–Crippen MR) is 116 cm³/mol. The lowest BCUT2D eigenvalue weighted by Gasteiger charge is -2.54. The summed E-state index contributed by atoms with van der Waals surface area (Å²) in [6.07, 6.45) is 15.9. The first-order valence-electron chi connectivity index (χ1n) is 12.2. The third-order valence-corrected chi connectivity index (χ3v) is 9.65. The largest absolute Gasteiger partial charge is 0.393 e. The molecule has 160 valence electrons.